The zero-order valence-corrected chi connectivity index (χ0v) is 16.5. The molecule has 4 rings (SSSR count). The standard InChI is InChI=1S/C25H26N2O2/c1-2-23(27-17-15-26-16-18-27)20-13-14-24(28-21-9-5-3-6-10-21)25(19-20)29-22-11-7-4-8-12-22/h2-14,19,23,26H,1,15-18H2/t23-/m0/s1. The molecule has 1 saturated heterocycles. The average Bonchev–Trinajstić information content (AvgIpc) is 2.78. The van der Waals surface area contributed by atoms with Gasteiger partial charge >= 0.3 is 0 Å². The van der Waals surface area contributed by atoms with Gasteiger partial charge in [0.2, 0.25) is 0 Å². The summed E-state index contributed by atoms with van der Waals surface area (Å²) in [5.41, 5.74) is 1.15. The highest BCUT2D eigenvalue weighted by molar-refractivity contribution is 5.48. The Balaban J connectivity index is 1.66. The quantitative estimate of drug-likeness (QED) is 0.551. The summed E-state index contributed by atoms with van der Waals surface area (Å²) in [7, 11) is 0. The van der Waals surface area contributed by atoms with Gasteiger partial charge in [0.15, 0.2) is 11.5 Å². The maximum absolute atomic E-state index is 6.21. The predicted octanol–water partition coefficient (Wildman–Crippen LogP) is 5.40. The third kappa shape index (κ3) is 4.86. The third-order valence-electron chi connectivity index (χ3n) is 5.02. The van der Waals surface area contributed by atoms with Gasteiger partial charge in [0.05, 0.1) is 6.04 Å². The van der Waals surface area contributed by atoms with E-state index in [9.17, 15) is 0 Å². The highest BCUT2D eigenvalue weighted by Gasteiger charge is 2.21. The van der Waals surface area contributed by atoms with E-state index in [4.69, 9.17) is 9.47 Å². The molecule has 1 aliphatic rings. The first-order chi connectivity index (χ1) is 14.3. The van der Waals surface area contributed by atoms with E-state index in [1.807, 2.05) is 72.8 Å². The van der Waals surface area contributed by atoms with Crippen molar-refractivity contribution in [2.75, 3.05) is 26.2 Å². The van der Waals surface area contributed by atoms with Gasteiger partial charge in [-0.3, -0.25) is 4.90 Å². The molecular weight excluding hydrogens is 360 g/mol. The van der Waals surface area contributed by atoms with Crippen LogP contribution in [0.25, 0.3) is 0 Å². The SMILES string of the molecule is C=C[C@@H](c1ccc(Oc2ccccc2)c(Oc2ccccc2)c1)N1CCNCC1. The lowest BCUT2D eigenvalue weighted by Crippen LogP contribution is -2.44. The van der Waals surface area contributed by atoms with Crippen LogP contribution in [0.4, 0.5) is 0 Å². The number of nitrogens with one attached hydrogen (secondary N) is 1. The fourth-order valence-electron chi connectivity index (χ4n) is 3.56. The minimum atomic E-state index is 0.140. The molecule has 0 aromatic heterocycles. The number of hydrogen-bond donors (Lipinski definition) is 1. The maximum atomic E-state index is 6.21. The summed E-state index contributed by atoms with van der Waals surface area (Å²) < 4.78 is 12.3. The highest BCUT2D eigenvalue weighted by atomic mass is 16.5. The summed E-state index contributed by atoms with van der Waals surface area (Å²) in [5.74, 6) is 2.94. The first kappa shape index (κ1) is 19.2. The minimum absolute atomic E-state index is 0.140. The molecule has 1 atom stereocenters. The summed E-state index contributed by atoms with van der Waals surface area (Å²) in [6.45, 7) is 8.06. The van der Waals surface area contributed by atoms with Crippen molar-refractivity contribution in [1.29, 1.82) is 0 Å². The van der Waals surface area contributed by atoms with Crippen LogP contribution in [-0.2, 0) is 0 Å². The number of benzene rings is 3. The van der Waals surface area contributed by atoms with Gasteiger partial charge in [0.1, 0.15) is 11.5 Å². The van der Waals surface area contributed by atoms with E-state index in [1.54, 1.807) is 0 Å². The molecule has 0 saturated carbocycles. The lowest BCUT2D eigenvalue weighted by Gasteiger charge is -2.33. The Morgan fingerprint density at radius 3 is 1.97 bits per heavy atom. The van der Waals surface area contributed by atoms with E-state index in [0.29, 0.717) is 11.5 Å². The molecule has 3 aromatic carbocycles. The Labute approximate surface area is 172 Å². The zero-order valence-electron chi connectivity index (χ0n) is 16.5. The lowest BCUT2D eigenvalue weighted by molar-refractivity contribution is 0.203. The van der Waals surface area contributed by atoms with Crippen molar-refractivity contribution in [1.82, 2.24) is 10.2 Å². The first-order valence-electron chi connectivity index (χ1n) is 10.0. The Bertz CT molecular complexity index is 922. The maximum Gasteiger partial charge on any atom is 0.170 e. The lowest BCUT2D eigenvalue weighted by atomic mass is 10.0. The van der Waals surface area contributed by atoms with E-state index < -0.39 is 0 Å². The van der Waals surface area contributed by atoms with Crippen molar-refractivity contribution >= 4 is 0 Å². The van der Waals surface area contributed by atoms with Crippen LogP contribution in [0.15, 0.2) is 91.5 Å². The Hall–Kier alpha value is -3.08. The molecule has 0 amide bonds. The molecule has 1 aliphatic heterocycles. The van der Waals surface area contributed by atoms with E-state index in [-0.39, 0.29) is 6.04 Å². The number of para-hydroxylation sites is 2. The van der Waals surface area contributed by atoms with Crippen molar-refractivity contribution in [3.8, 4) is 23.0 Å². The molecule has 0 radical (unpaired) electrons. The zero-order chi connectivity index (χ0) is 19.9. The smallest absolute Gasteiger partial charge is 0.170 e. The third-order valence-corrected chi connectivity index (χ3v) is 5.02. The number of piperazine rings is 1. The normalized spacial score (nSPS) is 15.4. The molecule has 3 aromatic rings. The largest absolute Gasteiger partial charge is 0.453 e. The van der Waals surface area contributed by atoms with Crippen LogP contribution in [0.5, 0.6) is 23.0 Å². The van der Waals surface area contributed by atoms with Crippen LogP contribution in [0.3, 0.4) is 0 Å². The van der Waals surface area contributed by atoms with Gasteiger partial charge < -0.3 is 14.8 Å². The summed E-state index contributed by atoms with van der Waals surface area (Å²) in [6.07, 6.45) is 2.00. The van der Waals surface area contributed by atoms with Crippen LogP contribution in [0, 0.1) is 0 Å². The van der Waals surface area contributed by atoms with Gasteiger partial charge in [0, 0.05) is 26.2 Å². The van der Waals surface area contributed by atoms with Gasteiger partial charge in [-0.1, -0.05) is 48.5 Å². The second-order valence-corrected chi connectivity index (χ2v) is 7.00. The second kappa shape index (κ2) is 9.41. The van der Waals surface area contributed by atoms with Crippen molar-refractivity contribution in [2.45, 2.75) is 6.04 Å². The summed E-state index contributed by atoms with van der Waals surface area (Å²) >= 11 is 0. The fraction of sp³-hybridized carbons (Fsp3) is 0.200. The number of hydrogen-bond acceptors (Lipinski definition) is 4. The van der Waals surface area contributed by atoms with Crippen LogP contribution in [-0.4, -0.2) is 31.1 Å². The van der Waals surface area contributed by atoms with Gasteiger partial charge in [0.25, 0.3) is 0 Å². The van der Waals surface area contributed by atoms with Crippen molar-refractivity contribution in [3.05, 3.63) is 97.1 Å². The molecule has 4 heteroatoms. The Kier molecular flexibility index (Phi) is 6.25. The van der Waals surface area contributed by atoms with Gasteiger partial charge in [-0.2, -0.15) is 0 Å². The molecule has 29 heavy (non-hydrogen) atoms. The number of ether oxygens (including phenoxy) is 2. The summed E-state index contributed by atoms with van der Waals surface area (Å²) in [6, 6.07) is 25.8. The molecule has 1 heterocycles. The van der Waals surface area contributed by atoms with E-state index in [0.717, 1.165) is 43.2 Å². The summed E-state index contributed by atoms with van der Waals surface area (Å²) in [4.78, 5) is 2.43. The minimum Gasteiger partial charge on any atom is -0.453 e. The molecule has 1 fully saturated rings. The molecule has 0 aliphatic carbocycles. The Morgan fingerprint density at radius 1 is 0.793 bits per heavy atom. The summed E-state index contributed by atoms with van der Waals surface area (Å²) in [5, 5.41) is 3.40. The van der Waals surface area contributed by atoms with Crippen LogP contribution >= 0.6 is 0 Å². The van der Waals surface area contributed by atoms with Gasteiger partial charge in [-0.15, -0.1) is 6.58 Å². The van der Waals surface area contributed by atoms with Gasteiger partial charge in [-0.25, -0.2) is 0 Å². The van der Waals surface area contributed by atoms with E-state index in [2.05, 4.69) is 28.9 Å². The molecular formula is C25H26N2O2. The molecule has 1 N–H and O–H groups in total. The number of rotatable bonds is 7. The molecule has 0 spiro atoms. The van der Waals surface area contributed by atoms with Crippen molar-refractivity contribution in [3.63, 3.8) is 0 Å². The fourth-order valence-corrected chi connectivity index (χ4v) is 3.56. The topological polar surface area (TPSA) is 33.7 Å². The van der Waals surface area contributed by atoms with Crippen molar-refractivity contribution in [2.24, 2.45) is 0 Å². The van der Waals surface area contributed by atoms with Crippen molar-refractivity contribution < 1.29 is 9.47 Å². The second-order valence-electron chi connectivity index (χ2n) is 7.00. The molecule has 0 bridgehead atoms. The van der Waals surface area contributed by atoms with Crippen LogP contribution in [0.2, 0.25) is 0 Å². The molecule has 4 nitrogen and oxygen atoms in total. The van der Waals surface area contributed by atoms with Gasteiger partial charge in [-0.05, 0) is 42.0 Å². The van der Waals surface area contributed by atoms with E-state index >= 15 is 0 Å². The average molecular weight is 386 g/mol. The predicted molar refractivity (Wildman–Crippen MR) is 117 cm³/mol. The molecule has 0 unspecified atom stereocenters. The number of nitrogens with zero attached hydrogens (tertiary/aromatic N) is 1. The van der Waals surface area contributed by atoms with Crippen LogP contribution < -0.4 is 14.8 Å². The molecule has 148 valence electrons. The Morgan fingerprint density at radius 2 is 1.38 bits per heavy atom. The first-order valence-corrected chi connectivity index (χ1v) is 10.0. The monoisotopic (exact) mass is 386 g/mol. The van der Waals surface area contributed by atoms with Crippen LogP contribution in [0.1, 0.15) is 11.6 Å². The highest BCUT2D eigenvalue weighted by Crippen LogP contribution is 2.38. The van der Waals surface area contributed by atoms with E-state index in [1.165, 1.54) is 0 Å².